The number of ether oxygens (including phenoxy) is 1. The lowest BCUT2D eigenvalue weighted by Gasteiger charge is -2.35. The Bertz CT molecular complexity index is 3320. The van der Waals surface area contributed by atoms with E-state index in [1.54, 1.807) is 0 Å². The largest absolute Gasteiger partial charge is 0.458 e. The minimum Gasteiger partial charge on any atom is -0.458 e. The van der Waals surface area contributed by atoms with Gasteiger partial charge in [0.1, 0.15) is 11.5 Å². The van der Waals surface area contributed by atoms with Gasteiger partial charge in [-0.1, -0.05) is 169 Å². The quantitative estimate of drug-likeness (QED) is 0.164. The molecular formula is C56H45BN2O. The Labute approximate surface area is 351 Å². The fraction of sp³-hybridized carbons (Fsp3) is 0.143. The molecule has 12 rings (SSSR count). The fourth-order valence-corrected chi connectivity index (χ4v) is 10.2. The first kappa shape index (κ1) is 35.2. The maximum atomic E-state index is 7.29. The maximum absolute atomic E-state index is 7.29. The van der Waals surface area contributed by atoms with Crippen LogP contribution < -0.4 is 21.1 Å². The van der Waals surface area contributed by atoms with Crippen LogP contribution in [0.1, 0.15) is 52.7 Å². The Morgan fingerprint density at radius 2 is 0.983 bits per heavy atom. The van der Waals surface area contributed by atoms with Gasteiger partial charge in [0.05, 0.1) is 27.8 Å². The minimum atomic E-state index is -0.0256. The summed E-state index contributed by atoms with van der Waals surface area (Å²) in [6.45, 7) is 13.8. The van der Waals surface area contributed by atoms with Crippen molar-refractivity contribution in [3.63, 3.8) is 0 Å². The number of fused-ring (bicyclic) bond motifs is 11. The fourth-order valence-electron chi connectivity index (χ4n) is 10.2. The van der Waals surface area contributed by atoms with Crippen molar-refractivity contribution in [2.24, 2.45) is 0 Å². The standard InChI is InChI=1S/C56H45BN2O/c1-55(2,3)38-23-27-43-48(31-38)59-45-20-14-13-19-42(45)52-49(33-51-53(54(52)59)57(43)44-28-24-39(56(4,5)6)32-50(44)60-51)58-46-29-36(34-15-9-7-10-16-34)21-25-40(46)41-26-22-37(30-47(41)58)35-17-11-8-12-18-35/h7-33H,1-6H3. The highest BCUT2D eigenvalue weighted by atomic mass is 16.5. The van der Waals surface area contributed by atoms with Crippen LogP contribution >= 0.6 is 0 Å². The van der Waals surface area contributed by atoms with Crippen molar-refractivity contribution in [3.8, 4) is 45.1 Å². The van der Waals surface area contributed by atoms with E-state index in [1.807, 2.05) is 0 Å². The molecule has 0 saturated heterocycles. The second-order valence-electron chi connectivity index (χ2n) is 19.0. The predicted molar refractivity (Wildman–Crippen MR) is 255 cm³/mol. The molecule has 60 heavy (non-hydrogen) atoms. The van der Waals surface area contributed by atoms with Gasteiger partial charge in [-0.05, 0) is 90.9 Å². The smallest absolute Gasteiger partial charge is 0.256 e. The zero-order valence-electron chi connectivity index (χ0n) is 35.0. The van der Waals surface area contributed by atoms with E-state index in [2.05, 4.69) is 214 Å². The second-order valence-corrected chi connectivity index (χ2v) is 19.0. The van der Waals surface area contributed by atoms with E-state index in [-0.39, 0.29) is 17.5 Å². The summed E-state index contributed by atoms with van der Waals surface area (Å²) in [6, 6.07) is 61.1. The highest BCUT2D eigenvalue weighted by Gasteiger charge is 2.42. The molecule has 0 radical (unpaired) electrons. The lowest BCUT2D eigenvalue weighted by Crippen LogP contribution is -2.58. The lowest BCUT2D eigenvalue weighted by atomic mass is 9.34. The molecule has 2 aliphatic rings. The third-order valence-electron chi connectivity index (χ3n) is 13.3. The SMILES string of the molecule is CC(C)(C)c1ccc2c(c1)Oc1cc(-n3c4cc(-c5ccccc5)ccc4c4ccc(-c5ccccc5)cc43)c3c4ccccc4n4c3c1B2c1ccc(C(C)(C)C)cc1-4. The van der Waals surface area contributed by atoms with Crippen molar-refractivity contribution >= 4 is 66.7 Å². The van der Waals surface area contributed by atoms with Gasteiger partial charge in [-0.3, -0.25) is 0 Å². The Balaban J connectivity index is 1.26. The van der Waals surface area contributed by atoms with Crippen LogP contribution in [0.2, 0.25) is 0 Å². The zero-order valence-corrected chi connectivity index (χ0v) is 35.0. The monoisotopic (exact) mass is 772 g/mol. The van der Waals surface area contributed by atoms with Crippen molar-refractivity contribution in [3.05, 3.63) is 175 Å². The maximum Gasteiger partial charge on any atom is 0.256 e. The molecule has 4 heteroatoms. The van der Waals surface area contributed by atoms with Crippen molar-refractivity contribution in [1.29, 1.82) is 0 Å². The number of nitrogens with zero attached hydrogens (tertiary/aromatic N) is 2. The van der Waals surface area contributed by atoms with Crippen LogP contribution in [-0.2, 0) is 10.8 Å². The number of hydrogen-bond acceptors (Lipinski definition) is 1. The molecule has 0 atom stereocenters. The molecule has 2 aliphatic heterocycles. The molecule has 0 saturated carbocycles. The van der Waals surface area contributed by atoms with E-state index in [9.17, 15) is 0 Å². The molecule has 0 amide bonds. The number of rotatable bonds is 3. The summed E-state index contributed by atoms with van der Waals surface area (Å²) in [5.74, 6) is 1.87. The molecule has 8 aromatic carbocycles. The van der Waals surface area contributed by atoms with Crippen LogP contribution in [0, 0.1) is 0 Å². The van der Waals surface area contributed by atoms with E-state index in [0.717, 1.165) is 17.2 Å². The summed E-state index contributed by atoms with van der Waals surface area (Å²) in [4.78, 5) is 0. The van der Waals surface area contributed by atoms with Gasteiger partial charge < -0.3 is 13.9 Å². The van der Waals surface area contributed by atoms with Gasteiger partial charge in [0.25, 0.3) is 6.71 Å². The van der Waals surface area contributed by atoms with Crippen molar-refractivity contribution in [2.45, 2.75) is 52.4 Å². The summed E-state index contributed by atoms with van der Waals surface area (Å²) < 4.78 is 12.4. The normalized spacial score (nSPS) is 13.3. The van der Waals surface area contributed by atoms with Gasteiger partial charge in [-0.15, -0.1) is 0 Å². The summed E-state index contributed by atoms with van der Waals surface area (Å²) in [5, 5.41) is 4.93. The summed E-state index contributed by atoms with van der Waals surface area (Å²) in [5.41, 5.74) is 18.3. The molecule has 288 valence electrons. The van der Waals surface area contributed by atoms with Gasteiger partial charge >= 0.3 is 0 Å². The average Bonchev–Trinajstić information content (AvgIpc) is 3.78. The Morgan fingerprint density at radius 1 is 0.417 bits per heavy atom. The van der Waals surface area contributed by atoms with Gasteiger partial charge in [-0.2, -0.15) is 0 Å². The Kier molecular flexibility index (Phi) is 7.26. The molecule has 0 spiro atoms. The Hall–Kier alpha value is -6.78. The minimum absolute atomic E-state index is 0.0164. The summed E-state index contributed by atoms with van der Waals surface area (Å²) in [6.07, 6.45) is 0. The number of hydrogen-bond donors (Lipinski definition) is 0. The van der Waals surface area contributed by atoms with Crippen LogP contribution in [0.3, 0.4) is 0 Å². The summed E-state index contributed by atoms with van der Waals surface area (Å²) >= 11 is 0. The van der Waals surface area contributed by atoms with Gasteiger partial charge in [-0.25, -0.2) is 0 Å². The van der Waals surface area contributed by atoms with Crippen LogP contribution in [-0.4, -0.2) is 15.8 Å². The van der Waals surface area contributed by atoms with E-state index in [1.165, 1.54) is 99.1 Å². The molecule has 0 N–H and O–H groups in total. The molecule has 0 aliphatic carbocycles. The molecular weight excluding hydrogens is 727 g/mol. The average molecular weight is 773 g/mol. The number of aromatic nitrogens is 2. The second kappa shape index (κ2) is 12.4. The van der Waals surface area contributed by atoms with E-state index in [4.69, 9.17) is 4.74 Å². The number of para-hydroxylation sites is 1. The zero-order chi connectivity index (χ0) is 40.7. The van der Waals surface area contributed by atoms with Crippen LogP contribution in [0.4, 0.5) is 0 Å². The first-order valence-electron chi connectivity index (χ1n) is 21.3. The number of benzene rings is 8. The van der Waals surface area contributed by atoms with Gasteiger partial charge in [0.2, 0.25) is 0 Å². The highest BCUT2D eigenvalue weighted by molar-refractivity contribution is 6.99. The summed E-state index contributed by atoms with van der Waals surface area (Å²) in [7, 11) is 0. The van der Waals surface area contributed by atoms with Crippen LogP contribution in [0.15, 0.2) is 164 Å². The van der Waals surface area contributed by atoms with Crippen LogP contribution in [0.25, 0.3) is 77.2 Å². The lowest BCUT2D eigenvalue weighted by molar-refractivity contribution is 0.483. The molecule has 0 bridgehead atoms. The van der Waals surface area contributed by atoms with Crippen molar-refractivity contribution in [2.75, 3.05) is 0 Å². The first-order valence-corrected chi connectivity index (χ1v) is 21.3. The Morgan fingerprint density at radius 3 is 1.60 bits per heavy atom. The highest BCUT2D eigenvalue weighted by Crippen LogP contribution is 2.46. The van der Waals surface area contributed by atoms with Crippen LogP contribution in [0.5, 0.6) is 11.5 Å². The molecule has 4 heterocycles. The molecule has 0 fully saturated rings. The topological polar surface area (TPSA) is 19.1 Å². The van der Waals surface area contributed by atoms with E-state index >= 15 is 0 Å². The molecule has 3 nitrogen and oxygen atoms in total. The van der Waals surface area contributed by atoms with E-state index in [0.29, 0.717) is 0 Å². The van der Waals surface area contributed by atoms with Gasteiger partial charge in [0, 0.05) is 33.3 Å². The molecule has 10 aromatic rings. The first-order chi connectivity index (χ1) is 29.0. The van der Waals surface area contributed by atoms with Gasteiger partial charge in [0.15, 0.2) is 0 Å². The third-order valence-corrected chi connectivity index (χ3v) is 13.3. The molecule has 2 aromatic heterocycles. The predicted octanol–water partition coefficient (Wildman–Crippen LogP) is 12.7. The third kappa shape index (κ3) is 5.03. The van der Waals surface area contributed by atoms with Crippen molar-refractivity contribution in [1.82, 2.24) is 9.13 Å². The van der Waals surface area contributed by atoms with Crippen molar-refractivity contribution < 1.29 is 4.74 Å². The molecule has 0 unspecified atom stereocenters. The van der Waals surface area contributed by atoms with E-state index < -0.39 is 0 Å².